The molecule has 10 N–H and O–H groups in total. The Labute approximate surface area is 456 Å². The molecular formula is C53H74Cl2N10O11. The lowest BCUT2D eigenvalue weighted by atomic mass is 9.85. The van der Waals surface area contributed by atoms with Crippen molar-refractivity contribution in [3.8, 4) is 0 Å². The molecule has 2 fully saturated rings. The molecule has 2 heterocycles. The van der Waals surface area contributed by atoms with Gasteiger partial charge in [-0.15, -0.1) is 24.8 Å². The molecule has 8 amide bonds. The van der Waals surface area contributed by atoms with Crippen LogP contribution in [0.15, 0.2) is 84.9 Å². The Hall–Kier alpha value is -6.65. The molecule has 0 saturated carbocycles. The molecule has 76 heavy (non-hydrogen) atoms. The lowest BCUT2D eigenvalue weighted by Crippen LogP contribution is -2.59. The van der Waals surface area contributed by atoms with Gasteiger partial charge in [0.15, 0.2) is 0 Å². The van der Waals surface area contributed by atoms with Crippen LogP contribution < -0.4 is 43.0 Å². The summed E-state index contributed by atoms with van der Waals surface area (Å²) < 4.78 is 4.75. The summed E-state index contributed by atoms with van der Waals surface area (Å²) in [4.78, 5) is 126. The Bertz CT molecular complexity index is 2500. The van der Waals surface area contributed by atoms with E-state index in [9.17, 15) is 48.3 Å². The van der Waals surface area contributed by atoms with Gasteiger partial charge in [-0.3, -0.25) is 43.2 Å². The van der Waals surface area contributed by atoms with Crippen LogP contribution in [0, 0.1) is 5.41 Å². The average molecular weight is 1100 g/mol. The van der Waals surface area contributed by atoms with Crippen LogP contribution in [-0.4, -0.2) is 150 Å². The molecule has 3 aromatic rings. The van der Waals surface area contributed by atoms with Gasteiger partial charge in [0.25, 0.3) is 11.8 Å². The largest absolute Gasteiger partial charge is 0.469 e. The van der Waals surface area contributed by atoms with Crippen LogP contribution in [0.1, 0.15) is 111 Å². The third kappa shape index (κ3) is 16.9. The number of carbonyl (C=O) groups is 9. The van der Waals surface area contributed by atoms with Crippen molar-refractivity contribution >= 4 is 78.0 Å². The number of nitrogens with two attached hydrogens (primary N) is 1. The summed E-state index contributed by atoms with van der Waals surface area (Å²) in [7, 11) is 2.79. The van der Waals surface area contributed by atoms with Gasteiger partial charge in [0.2, 0.25) is 35.4 Å². The summed E-state index contributed by atoms with van der Waals surface area (Å²) in [6.45, 7) is 9.69. The second-order valence-corrected chi connectivity index (χ2v) is 20.0. The second kappa shape index (κ2) is 29.0. The van der Waals surface area contributed by atoms with Gasteiger partial charge in [-0.1, -0.05) is 87.5 Å². The van der Waals surface area contributed by atoms with Crippen LogP contribution >= 0.6 is 24.8 Å². The second-order valence-electron chi connectivity index (χ2n) is 20.0. The van der Waals surface area contributed by atoms with E-state index in [1.54, 1.807) is 41.7 Å². The highest BCUT2D eigenvalue weighted by Gasteiger charge is 2.47. The quantitative estimate of drug-likeness (QED) is 0.0686. The predicted octanol–water partition coefficient (Wildman–Crippen LogP) is 1.58. The smallest absolute Gasteiger partial charge is 0.305 e. The maximum absolute atomic E-state index is 14.5. The number of benzene rings is 3. The summed E-state index contributed by atoms with van der Waals surface area (Å²) in [5, 5.41) is 29.5. The number of carbonyl (C=O) groups excluding carboxylic acids is 9. The monoisotopic (exact) mass is 1100 g/mol. The summed E-state index contributed by atoms with van der Waals surface area (Å²) in [6, 6.07) is 15.2. The van der Waals surface area contributed by atoms with E-state index in [1.165, 1.54) is 41.2 Å². The first-order valence-corrected chi connectivity index (χ1v) is 24.8. The third-order valence-electron chi connectivity index (χ3n) is 13.4. The number of hydrogen-bond acceptors (Lipinski definition) is 13. The number of hydrogen-bond donors (Lipinski definition) is 9. The summed E-state index contributed by atoms with van der Waals surface area (Å²) >= 11 is 0. The Morgan fingerprint density at radius 2 is 1.13 bits per heavy atom. The Kier molecular flexibility index (Phi) is 24.3. The Morgan fingerprint density at radius 1 is 0.671 bits per heavy atom. The van der Waals surface area contributed by atoms with Gasteiger partial charge in [-0.25, -0.2) is 0 Å². The van der Waals surface area contributed by atoms with E-state index in [0.29, 0.717) is 0 Å². The van der Waals surface area contributed by atoms with Crippen LogP contribution in [0.3, 0.4) is 0 Å². The number of amides is 8. The van der Waals surface area contributed by atoms with Crippen LogP contribution in [0.2, 0.25) is 0 Å². The van der Waals surface area contributed by atoms with E-state index < -0.39 is 126 Å². The molecule has 2 saturated heterocycles. The van der Waals surface area contributed by atoms with Gasteiger partial charge < -0.3 is 62.6 Å². The van der Waals surface area contributed by atoms with Crippen molar-refractivity contribution in [3.63, 3.8) is 0 Å². The van der Waals surface area contributed by atoms with Crippen molar-refractivity contribution in [1.82, 2.24) is 47.0 Å². The Balaban J connectivity index is 0.00000760. The molecule has 0 aliphatic carbocycles. The number of nitrogens with zero attached hydrogens (tertiary/aromatic N) is 2. The topological polar surface area (TPSA) is 300 Å². The Morgan fingerprint density at radius 3 is 1.55 bits per heavy atom. The molecule has 0 bridgehead atoms. The van der Waals surface area contributed by atoms with E-state index in [4.69, 9.17) is 10.5 Å². The SMILES string of the molecule is CN[C@@H](C)C(=O)NC(C(=O)N1C[C@@H](NC(=O)c2cccc(C(=O)N[C@H]3C[C@@H](C(=O)N[C@H](C)c4ccccc4)N(C(=O)[C@H](CCC(=O)OC)NC(=O)[C@@H](N)CO)C3)c2)C[C@H]1C(=O)N[C@H](C)c1ccccc1)C(C)(C)C.Cl.Cl. The number of esters is 1. The van der Waals surface area contributed by atoms with Crippen molar-refractivity contribution in [2.24, 2.45) is 11.1 Å². The molecule has 0 spiro atoms. The van der Waals surface area contributed by atoms with Crippen LogP contribution in [0.25, 0.3) is 0 Å². The molecule has 21 nitrogen and oxygen atoms in total. The molecule has 5 rings (SSSR count). The van der Waals surface area contributed by atoms with E-state index in [2.05, 4.69) is 37.2 Å². The minimum Gasteiger partial charge on any atom is -0.469 e. The van der Waals surface area contributed by atoms with Gasteiger partial charge in [-0.2, -0.15) is 0 Å². The fraction of sp³-hybridized carbons (Fsp3) is 0.491. The zero-order valence-corrected chi connectivity index (χ0v) is 45.8. The molecule has 1 unspecified atom stereocenters. The van der Waals surface area contributed by atoms with Crippen molar-refractivity contribution in [1.29, 1.82) is 0 Å². The predicted molar refractivity (Wildman–Crippen MR) is 288 cm³/mol. The standard InChI is InChI=1S/C53H72N10O11.2ClH/c1-30(33-16-11-9-12-17-33)56-49(70)41-25-37(27-62(41)51(72)40(22-23-43(65)74-8)60-48(69)39(54)29-64)58-46(67)35-20-15-21-36(24-35)47(68)59-38-26-42(50(71)57-31(2)34-18-13-10-14-19-34)63(28-38)52(73)44(53(4,5)6)61-45(66)32(3)55-7;;/h9-21,24,30-32,37-42,44,55,64H,22-23,25-29,54H2,1-8H3,(H,56,70)(H,57,71)(H,58,67)(H,59,68)(H,60,69)(H,61,66);2*1H/t30-,31-,32+,37+,38+,39+,40+,41+,42+,44?;;/m1../s1. The maximum atomic E-state index is 14.5. The minimum absolute atomic E-state index is 0. The van der Waals surface area contributed by atoms with Crippen LogP contribution in [-0.2, 0) is 38.3 Å². The number of aliphatic hydroxyl groups excluding tert-OH is 1. The lowest BCUT2D eigenvalue weighted by Gasteiger charge is -2.36. The zero-order chi connectivity index (χ0) is 54.4. The number of rotatable bonds is 21. The summed E-state index contributed by atoms with van der Waals surface area (Å²) in [5.41, 5.74) is 6.75. The number of likely N-dealkylation sites (N-methyl/N-ethyl adjacent to an activating group) is 1. The van der Waals surface area contributed by atoms with Gasteiger partial charge >= 0.3 is 5.97 Å². The highest BCUT2D eigenvalue weighted by atomic mass is 35.5. The van der Waals surface area contributed by atoms with Gasteiger partial charge in [0.1, 0.15) is 30.2 Å². The first kappa shape index (κ1) is 63.6. The van der Waals surface area contributed by atoms with E-state index in [0.717, 1.165) is 11.1 Å². The number of aliphatic hydroxyl groups is 1. The molecular weight excluding hydrogens is 1020 g/mol. The fourth-order valence-corrected chi connectivity index (χ4v) is 8.87. The van der Waals surface area contributed by atoms with Crippen LogP contribution in [0.5, 0.6) is 0 Å². The average Bonchev–Trinajstić information content (AvgIpc) is 4.02. The molecule has 2 aliphatic heterocycles. The molecule has 3 aromatic carbocycles. The molecule has 2 aliphatic rings. The van der Waals surface area contributed by atoms with Crippen molar-refractivity contribution in [2.45, 2.75) is 128 Å². The fourth-order valence-electron chi connectivity index (χ4n) is 8.87. The van der Waals surface area contributed by atoms with E-state index >= 15 is 0 Å². The highest BCUT2D eigenvalue weighted by Crippen LogP contribution is 2.28. The lowest BCUT2D eigenvalue weighted by molar-refractivity contribution is -0.144. The maximum Gasteiger partial charge on any atom is 0.305 e. The highest BCUT2D eigenvalue weighted by molar-refractivity contribution is 6.01. The number of nitrogens with one attached hydrogen (secondary N) is 7. The van der Waals surface area contributed by atoms with Crippen molar-refractivity contribution in [2.75, 3.05) is 33.9 Å². The van der Waals surface area contributed by atoms with Gasteiger partial charge in [-0.05, 0) is 81.8 Å². The molecule has 0 aromatic heterocycles. The first-order chi connectivity index (χ1) is 35.1. The zero-order valence-electron chi connectivity index (χ0n) is 44.1. The number of halogens is 2. The molecule has 23 heteroatoms. The molecule has 416 valence electrons. The third-order valence-corrected chi connectivity index (χ3v) is 13.4. The van der Waals surface area contributed by atoms with Gasteiger partial charge in [0, 0.05) is 42.7 Å². The summed E-state index contributed by atoms with van der Waals surface area (Å²) in [6.07, 6.45) is -0.520. The van der Waals surface area contributed by atoms with Crippen molar-refractivity contribution in [3.05, 3.63) is 107 Å². The number of methoxy groups -OCH3 is 1. The van der Waals surface area contributed by atoms with E-state index in [-0.39, 0.29) is 74.7 Å². The normalized spacial score (nSPS) is 19.3. The molecule has 0 radical (unpaired) electrons. The van der Waals surface area contributed by atoms with E-state index in [1.807, 2.05) is 67.6 Å². The number of ether oxygens (including phenoxy) is 1. The van der Waals surface area contributed by atoms with Crippen LogP contribution in [0.4, 0.5) is 0 Å². The number of likely N-dealkylation sites (tertiary alicyclic amines) is 2. The molecule has 10 atom stereocenters. The summed E-state index contributed by atoms with van der Waals surface area (Å²) in [5.74, 6) is -5.40. The van der Waals surface area contributed by atoms with Crippen molar-refractivity contribution < 1.29 is 53.0 Å². The first-order valence-electron chi connectivity index (χ1n) is 24.8. The minimum atomic E-state index is -1.38. The van der Waals surface area contributed by atoms with Gasteiger partial charge in [0.05, 0.1) is 31.8 Å².